The molecule has 7 heteroatoms. The second-order valence-electron chi connectivity index (χ2n) is 18.3. The lowest BCUT2D eigenvalue weighted by molar-refractivity contribution is -0.0534. The van der Waals surface area contributed by atoms with E-state index in [9.17, 15) is 0 Å². The van der Waals surface area contributed by atoms with Gasteiger partial charge in [-0.3, -0.25) is 9.80 Å². The van der Waals surface area contributed by atoms with E-state index in [-0.39, 0.29) is 0 Å². The van der Waals surface area contributed by atoms with Gasteiger partial charge in [0.2, 0.25) is 0 Å². The minimum Gasteiger partial charge on any atom is -0.381 e. The van der Waals surface area contributed by atoms with Crippen LogP contribution < -0.4 is 10.6 Å². The largest absolute Gasteiger partial charge is 0.381 e. The zero-order valence-corrected chi connectivity index (χ0v) is 34.9. The molecule has 0 amide bonds. The average molecular weight is 682 g/mol. The third-order valence-corrected chi connectivity index (χ3v) is 11.1. The van der Waals surface area contributed by atoms with Crippen LogP contribution in [0.3, 0.4) is 0 Å². The highest BCUT2D eigenvalue weighted by molar-refractivity contribution is 4.80. The van der Waals surface area contributed by atoms with Gasteiger partial charge in [-0.15, -0.1) is 0 Å². The van der Waals surface area contributed by atoms with Crippen LogP contribution in [0, 0.1) is 35.5 Å². The molecular formula is C41H87N5O2. The summed E-state index contributed by atoms with van der Waals surface area (Å²) >= 11 is 0. The fourth-order valence-electron chi connectivity index (χ4n) is 5.95. The molecule has 7 nitrogen and oxygen atoms in total. The van der Waals surface area contributed by atoms with E-state index < -0.39 is 0 Å². The lowest BCUT2D eigenvalue weighted by Crippen LogP contribution is -2.51. The molecule has 0 spiro atoms. The van der Waals surface area contributed by atoms with Gasteiger partial charge in [-0.2, -0.15) is 0 Å². The smallest absolute Gasteiger partial charge is 0.0594 e. The lowest BCUT2D eigenvalue weighted by Gasteiger charge is -2.38. The summed E-state index contributed by atoms with van der Waals surface area (Å²) in [6, 6.07) is 0.786. The minimum atomic E-state index is 0.323. The van der Waals surface area contributed by atoms with Gasteiger partial charge in [0.05, 0.1) is 26.4 Å². The highest BCUT2D eigenvalue weighted by Crippen LogP contribution is 2.32. The number of morpholine rings is 1. The van der Waals surface area contributed by atoms with Gasteiger partial charge < -0.3 is 25.0 Å². The summed E-state index contributed by atoms with van der Waals surface area (Å²) in [5, 5.41) is 6.59. The summed E-state index contributed by atoms with van der Waals surface area (Å²) < 4.78 is 10.2. The number of hydrogen-bond acceptors (Lipinski definition) is 7. The van der Waals surface area contributed by atoms with Crippen molar-refractivity contribution >= 4 is 0 Å². The van der Waals surface area contributed by atoms with Crippen LogP contribution in [0.25, 0.3) is 0 Å². The van der Waals surface area contributed by atoms with Gasteiger partial charge in [0, 0.05) is 62.3 Å². The van der Waals surface area contributed by atoms with Crippen molar-refractivity contribution in [3.05, 3.63) is 0 Å². The number of nitrogens with zero attached hydrogens (tertiary/aromatic N) is 3. The molecule has 6 aliphatic rings. The Balaban J connectivity index is 0.000000290. The summed E-state index contributed by atoms with van der Waals surface area (Å²) in [5.74, 6) is 5.59. The Morgan fingerprint density at radius 3 is 1.10 bits per heavy atom. The topological polar surface area (TPSA) is 52.2 Å². The maximum Gasteiger partial charge on any atom is 0.0594 e. The van der Waals surface area contributed by atoms with E-state index >= 15 is 0 Å². The Morgan fingerprint density at radius 2 is 0.979 bits per heavy atom. The van der Waals surface area contributed by atoms with Crippen LogP contribution in [0.1, 0.15) is 123 Å². The Hall–Kier alpha value is -0.280. The van der Waals surface area contributed by atoms with Crippen molar-refractivity contribution in [3.8, 4) is 0 Å². The predicted octanol–water partition coefficient (Wildman–Crippen LogP) is 7.50. The molecule has 0 radical (unpaired) electrons. The molecule has 0 aromatic carbocycles. The summed E-state index contributed by atoms with van der Waals surface area (Å²) in [6.07, 6.45) is 5.90. The third kappa shape index (κ3) is 19.9. The van der Waals surface area contributed by atoms with Crippen molar-refractivity contribution in [1.29, 1.82) is 0 Å². The van der Waals surface area contributed by atoms with Crippen molar-refractivity contribution < 1.29 is 9.47 Å². The van der Waals surface area contributed by atoms with Crippen molar-refractivity contribution in [1.82, 2.24) is 25.3 Å². The maximum absolute atomic E-state index is 5.25. The van der Waals surface area contributed by atoms with Crippen LogP contribution >= 0.6 is 0 Å². The zero-order valence-electron chi connectivity index (χ0n) is 34.9. The van der Waals surface area contributed by atoms with Gasteiger partial charge in [-0.25, -0.2) is 0 Å². The maximum atomic E-state index is 5.25. The van der Waals surface area contributed by atoms with Gasteiger partial charge in [-0.05, 0) is 118 Å². The molecule has 0 unspecified atom stereocenters. The Kier molecular flexibility index (Phi) is 22.9. The first-order chi connectivity index (χ1) is 22.4. The van der Waals surface area contributed by atoms with E-state index in [2.05, 4.69) is 122 Å². The normalized spacial score (nSPS) is 22.9. The molecule has 6 fully saturated rings. The molecule has 1 saturated carbocycles. The van der Waals surface area contributed by atoms with E-state index in [4.69, 9.17) is 9.47 Å². The van der Waals surface area contributed by atoms with Crippen LogP contribution in [-0.4, -0.2) is 124 Å². The number of rotatable bonds is 4. The molecule has 1 aliphatic carbocycles. The molecule has 6 rings (SSSR count). The van der Waals surface area contributed by atoms with Gasteiger partial charge in [-0.1, -0.05) is 60.8 Å². The van der Waals surface area contributed by atoms with Crippen molar-refractivity contribution in [2.24, 2.45) is 35.5 Å². The van der Waals surface area contributed by atoms with Crippen LogP contribution in [0.5, 0.6) is 0 Å². The van der Waals surface area contributed by atoms with Crippen LogP contribution in [0.2, 0.25) is 0 Å². The van der Waals surface area contributed by atoms with Crippen molar-refractivity contribution in [3.63, 3.8) is 0 Å². The van der Waals surface area contributed by atoms with Gasteiger partial charge in [0.15, 0.2) is 0 Å². The molecule has 5 saturated heterocycles. The highest BCUT2D eigenvalue weighted by Gasteiger charge is 2.24. The Bertz CT molecular complexity index is 648. The van der Waals surface area contributed by atoms with E-state index in [0.717, 1.165) is 94.2 Å². The predicted molar refractivity (Wildman–Crippen MR) is 210 cm³/mol. The molecule has 5 aliphatic heterocycles. The first kappa shape index (κ1) is 45.7. The standard InChI is InChI=1S/C8H18N2.C8H17NO.C7H14.2C6H13N.C6H12O/c1-8(2,3)10-6-4-9-5-7-10;1-8(2,3)9-4-6-10-7-5-9;1-6(2)7-4-3-5-7;1-5(2)6-3-7-4-6;1-6(2)7-4-3-5-7;1-5(2)6-3-7-4-6/h9H,4-7H2,1-3H3;4-7H2,1-3H3;6-7H,3-5H2,1-2H3;5-7H,3-4H2,1-2H3;6H,3-5H2,1-2H3;5-6H,3-4H2,1-2H3. The summed E-state index contributed by atoms with van der Waals surface area (Å²) in [7, 11) is 0. The zero-order chi connectivity index (χ0) is 36.3. The second kappa shape index (κ2) is 24.1. The number of piperazine rings is 1. The average Bonchev–Trinajstić information content (AvgIpc) is 2.85. The van der Waals surface area contributed by atoms with E-state index in [1.807, 2.05) is 0 Å². The molecule has 0 aromatic heterocycles. The Labute approximate surface area is 301 Å². The SMILES string of the molecule is CC(C)(C)N1CCNCC1.CC(C)(C)N1CCOCC1.CC(C)C1CCC1.CC(C)C1CNC1.CC(C)C1COC1.CC(C)N1CCC1. The quantitative estimate of drug-likeness (QED) is 0.319. The molecule has 0 atom stereocenters. The molecule has 288 valence electrons. The van der Waals surface area contributed by atoms with Crippen molar-refractivity contribution in [2.75, 3.05) is 91.9 Å². The van der Waals surface area contributed by atoms with Crippen LogP contribution in [-0.2, 0) is 9.47 Å². The van der Waals surface area contributed by atoms with Crippen molar-refractivity contribution in [2.45, 2.75) is 140 Å². The fraction of sp³-hybridized carbons (Fsp3) is 1.00. The van der Waals surface area contributed by atoms with Gasteiger partial charge >= 0.3 is 0 Å². The monoisotopic (exact) mass is 682 g/mol. The molecule has 48 heavy (non-hydrogen) atoms. The highest BCUT2D eigenvalue weighted by atomic mass is 16.5. The van der Waals surface area contributed by atoms with E-state index in [1.54, 1.807) is 0 Å². The van der Waals surface area contributed by atoms with Crippen LogP contribution in [0.4, 0.5) is 0 Å². The molecule has 0 aromatic rings. The van der Waals surface area contributed by atoms with Gasteiger partial charge in [0.25, 0.3) is 0 Å². The number of hydrogen-bond donors (Lipinski definition) is 2. The van der Waals surface area contributed by atoms with Crippen LogP contribution in [0.15, 0.2) is 0 Å². The molecule has 0 bridgehead atoms. The third-order valence-electron chi connectivity index (χ3n) is 11.1. The fourth-order valence-corrected chi connectivity index (χ4v) is 5.95. The van der Waals surface area contributed by atoms with E-state index in [0.29, 0.717) is 11.1 Å². The number of nitrogens with one attached hydrogen (secondary N) is 2. The van der Waals surface area contributed by atoms with Gasteiger partial charge in [0.1, 0.15) is 0 Å². The summed E-state index contributed by atoms with van der Waals surface area (Å²) in [6.45, 7) is 47.6. The van der Waals surface area contributed by atoms with E-state index in [1.165, 1.54) is 65.0 Å². The molecular weight excluding hydrogens is 594 g/mol. The summed E-state index contributed by atoms with van der Waals surface area (Å²) in [5.41, 5.74) is 0.686. The Morgan fingerprint density at radius 1 is 0.521 bits per heavy atom. The second-order valence-corrected chi connectivity index (χ2v) is 18.3. The number of likely N-dealkylation sites (tertiary alicyclic amines) is 1. The molecule has 2 N–H and O–H groups in total. The first-order valence-corrected chi connectivity index (χ1v) is 20.2. The first-order valence-electron chi connectivity index (χ1n) is 20.2. The minimum absolute atomic E-state index is 0.323. The lowest BCUT2D eigenvalue weighted by atomic mass is 9.78. The molecule has 5 heterocycles. The number of ether oxygens (including phenoxy) is 2. The summed E-state index contributed by atoms with van der Waals surface area (Å²) in [4.78, 5) is 7.44.